The summed E-state index contributed by atoms with van der Waals surface area (Å²) >= 11 is 5.92. The molecule has 2 fully saturated rings. The van der Waals surface area contributed by atoms with Crippen LogP contribution in [0.15, 0.2) is 48.7 Å². The molecule has 7 heteroatoms. The molecular formula is C27H30N4O2S. The Kier molecular flexibility index (Phi) is 5.44. The van der Waals surface area contributed by atoms with Gasteiger partial charge in [-0.25, -0.2) is 0 Å². The lowest BCUT2D eigenvalue weighted by atomic mass is 9.94. The maximum atomic E-state index is 5.92. The molecule has 3 aliphatic rings. The lowest BCUT2D eigenvalue weighted by Gasteiger charge is -2.30. The monoisotopic (exact) mass is 474 g/mol. The van der Waals surface area contributed by atoms with E-state index < -0.39 is 0 Å². The summed E-state index contributed by atoms with van der Waals surface area (Å²) in [6.07, 6.45) is 8.34. The first-order valence-electron chi connectivity index (χ1n) is 12.2. The Morgan fingerprint density at radius 3 is 2.62 bits per heavy atom. The van der Waals surface area contributed by atoms with E-state index in [0.717, 1.165) is 22.9 Å². The van der Waals surface area contributed by atoms with Crippen molar-refractivity contribution in [3.8, 4) is 11.5 Å². The van der Waals surface area contributed by atoms with Crippen molar-refractivity contribution < 1.29 is 9.47 Å². The van der Waals surface area contributed by atoms with Gasteiger partial charge in [-0.05, 0) is 74.8 Å². The van der Waals surface area contributed by atoms with Crippen LogP contribution in [-0.2, 0) is 0 Å². The third kappa shape index (κ3) is 3.54. The first-order chi connectivity index (χ1) is 16.6. The highest BCUT2D eigenvalue weighted by molar-refractivity contribution is 7.80. The molecule has 2 aliphatic heterocycles. The molecule has 3 aromatic rings. The molecule has 0 amide bonds. The second kappa shape index (κ2) is 8.62. The predicted molar refractivity (Wildman–Crippen MR) is 137 cm³/mol. The molecule has 0 unspecified atom stereocenters. The molecule has 2 atom stereocenters. The lowest BCUT2D eigenvalue weighted by Crippen LogP contribution is -2.29. The number of ether oxygens (including phenoxy) is 2. The van der Waals surface area contributed by atoms with Gasteiger partial charge in [-0.1, -0.05) is 25.3 Å². The van der Waals surface area contributed by atoms with Crippen LogP contribution in [0.5, 0.6) is 11.5 Å². The average molecular weight is 475 g/mol. The molecule has 0 spiro atoms. The largest absolute Gasteiger partial charge is 0.454 e. The summed E-state index contributed by atoms with van der Waals surface area (Å²) in [6.45, 7) is 4.77. The minimum absolute atomic E-state index is 0.0219. The van der Waals surface area contributed by atoms with Crippen LogP contribution in [0.3, 0.4) is 0 Å². The number of pyridine rings is 1. The molecule has 34 heavy (non-hydrogen) atoms. The van der Waals surface area contributed by atoms with E-state index in [9.17, 15) is 0 Å². The summed E-state index contributed by atoms with van der Waals surface area (Å²) < 4.78 is 13.8. The molecule has 1 N–H and O–H groups in total. The van der Waals surface area contributed by atoms with Crippen LogP contribution in [0, 0.1) is 13.8 Å². The Morgan fingerprint density at radius 2 is 1.82 bits per heavy atom. The van der Waals surface area contributed by atoms with Crippen molar-refractivity contribution in [2.75, 3.05) is 11.7 Å². The van der Waals surface area contributed by atoms with Crippen LogP contribution in [0.4, 0.5) is 5.69 Å². The Hall–Kier alpha value is -3.06. The number of rotatable bonds is 4. The summed E-state index contributed by atoms with van der Waals surface area (Å²) in [5, 5.41) is 4.28. The molecule has 1 aliphatic carbocycles. The van der Waals surface area contributed by atoms with Gasteiger partial charge < -0.3 is 24.3 Å². The highest BCUT2D eigenvalue weighted by Crippen LogP contribution is 2.46. The first kappa shape index (κ1) is 21.5. The Bertz CT molecular complexity index is 1220. The Morgan fingerprint density at radius 1 is 1.00 bits per heavy atom. The van der Waals surface area contributed by atoms with Crippen molar-refractivity contribution in [2.45, 2.75) is 64.1 Å². The number of nitrogens with one attached hydrogen (secondary N) is 1. The van der Waals surface area contributed by atoms with Gasteiger partial charge in [-0.2, -0.15) is 0 Å². The quantitative estimate of drug-likeness (QED) is 0.475. The number of anilines is 1. The average Bonchev–Trinajstić information content (AvgIpc) is 3.54. The number of benzene rings is 1. The fraction of sp³-hybridized carbons (Fsp3) is 0.407. The van der Waals surface area contributed by atoms with Crippen LogP contribution in [0.25, 0.3) is 0 Å². The number of aryl methyl sites for hydroxylation is 1. The second-order valence-electron chi connectivity index (χ2n) is 9.52. The molecule has 2 aromatic heterocycles. The zero-order valence-electron chi connectivity index (χ0n) is 19.7. The van der Waals surface area contributed by atoms with E-state index in [0.29, 0.717) is 11.2 Å². The fourth-order valence-electron chi connectivity index (χ4n) is 5.99. The van der Waals surface area contributed by atoms with Gasteiger partial charge in [-0.15, -0.1) is 0 Å². The maximum absolute atomic E-state index is 5.92. The van der Waals surface area contributed by atoms with Gasteiger partial charge in [0.1, 0.15) is 0 Å². The molecule has 0 radical (unpaired) electrons. The van der Waals surface area contributed by atoms with Crippen molar-refractivity contribution >= 4 is 23.0 Å². The SMILES string of the molecule is Cc1cc([C@H]2[C@@H](c3ccccn3)NC(=S)N2c2ccc3c(c2)OCO3)c(C)n1C1CCCCC1. The molecule has 176 valence electrons. The molecule has 1 saturated heterocycles. The van der Waals surface area contributed by atoms with E-state index in [4.69, 9.17) is 26.7 Å². The third-order valence-corrected chi connectivity index (χ3v) is 7.83. The summed E-state index contributed by atoms with van der Waals surface area (Å²) in [4.78, 5) is 6.93. The van der Waals surface area contributed by atoms with Crippen molar-refractivity contribution in [1.29, 1.82) is 0 Å². The van der Waals surface area contributed by atoms with Gasteiger partial charge in [0.15, 0.2) is 16.6 Å². The number of fused-ring (bicyclic) bond motifs is 1. The standard InChI is InChI=1S/C27H30N4O2S/c1-17-14-21(18(2)30(17)19-8-4-3-5-9-19)26-25(22-10-6-7-13-28-22)29-27(34)31(26)20-11-12-23-24(15-20)33-16-32-23/h6-7,10-15,19,25-26H,3-5,8-9,16H2,1-2H3,(H,29,34)/t25-,26+/m1/s1. The van der Waals surface area contributed by atoms with E-state index in [1.165, 1.54) is 49.1 Å². The molecule has 6 nitrogen and oxygen atoms in total. The van der Waals surface area contributed by atoms with Crippen LogP contribution in [-0.4, -0.2) is 21.5 Å². The molecule has 4 heterocycles. The molecule has 1 aromatic carbocycles. The van der Waals surface area contributed by atoms with E-state index >= 15 is 0 Å². The van der Waals surface area contributed by atoms with Gasteiger partial charge in [0.2, 0.25) is 6.79 Å². The highest BCUT2D eigenvalue weighted by Gasteiger charge is 2.43. The number of aromatic nitrogens is 2. The smallest absolute Gasteiger partial charge is 0.231 e. The van der Waals surface area contributed by atoms with Crippen molar-refractivity contribution in [3.05, 3.63) is 71.3 Å². The summed E-state index contributed by atoms with van der Waals surface area (Å²) in [7, 11) is 0. The van der Waals surface area contributed by atoms with Crippen molar-refractivity contribution in [2.24, 2.45) is 0 Å². The van der Waals surface area contributed by atoms with E-state index in [1.54, 1.807) is 0 Å². The topological polar surface area (TPSA) is 51.6 Å². The minimum atomic E-state index is -0.0561. The van der Waals surface area contributed by atoms with E-state index in [2.05, 4.69) is 46.8 Å². The zero-order valence-corrected chi connectivity index (χ0v) is 20.5. The van der Waals surface area contributed by atoms with Crippen LogP contribution >= 0.6 is 12.2 Å². The fourth-order valence-corrected chi connectivity index (χ4v) is 6.33. The Labute approximate surface area is 205 Å². The summed E-state index contributed by atoms with van der Waals surface area (Å²) in [6, 6.07) is 15.0. The van der Waals surface area contributed by atoms with Gasteiger partial charge in [0.25, 0.3) is 0 Å². The zero-order chi connectivity index (χ0) is 23.2. The summed E-state index contributed by atoms with van der Waals surface area (Å²) in [5.41, 5.74) is 5.92. The molecule has 0 bridgehead atoms. The van der Waals surface area contributed by atoms with Gasteiger partial charge >= 0.3 is 0 Å². The van der Waals surface area contributed by atoms with Crippen LogP contribution in [0.1, 0.15) is 72.9 Å². The van der Waals surface area contributed by atoms with Crippen molar-refractivity contribution in [3.63, 3.8) is 0 Å². The Balaban J connectivity index is 1.47. The minimum Gasteiger partial charge on any atom is -0.454 e. The first-order valence-corrected chi connectivity index (χ1v) is 12.6. The number of hydrogen-bond donors (Lipinski definition) is 1. The van der Waals surface area contributed by atoms with Gasteiger partial charge in [-0.3, -0.25) is 4.98 Å². The van der Waals surface area contributed by atoms with Gasteiger partial charge in [0, 0.05) is 35.4 Å². The van der Waals surface area contributed by atoms with E-state index in [1.807, 2.05) is 30.5 Å². The molecular weight excluding hydrogens is 444 g/mol. The van der Waals surface area contributed by atoms with Gasteiger partial charge in [0.05, 0.1) is 17.8 Å². The number of thiocarbonyl (C=S) groups is 1. The maximum Gasteiger partial charge on any atom is 0.231 e. The van der Waals surface area contributed by atoms with Crippen LogP contribution < -0.4 is 19.7 Å². The third-order valence-electron chi connectivity index (χ3n) is 7.51. The normalized spacial score (nSPS) is 22.3. The highest BCUT2D eigenvalue weighted by atomic mass is 32.1. The summed E-state index contributed by atoms with van der Waals surface area (Å²) in [5.74, 6) is 1.53. The van der Waals surface area contributed by atoms with E-state index in [-0.39, 0.29) is 18.9 Å². The van der Waals surface area contributed by atoms with Crippen molar-refractivity contribution in [1.82, 2.24) is 14.9 Å². The second-order valence-corrected chi connectivity index (χ2v) is 9.91. The molecule has 6 rings (SSSR count). The number of nitrogens with zero attached hydrogens (tertiary/aromatic N) is 3. The predicted octanol–water partition coefficient (Wildman–Crippen LogP) is 5.91. The van der Waals surface area contributed by atoms with Crippen LogP contribution in [0.2, 0.25) is 0 Å². The lowest BCUT2D eigenvalue weighted by molar-refractivity contribution is 0.174. The number of hydrogen-bond acceptors (Lipinski definition) is 4. The molecule has 1 saturated carbocycles.